The third-order valence-corrected chi connectivity index (χ3v) is 4.79. The molecule has 1 N–H and O–H groups in total. The Labute approximate surface area is 138 Å². The highest BCUT2D eigenvalue weighted by molar-refractivity contribution is 7.15. The molecule has 0 atom stereocenters. The van der Waals surface area contributed by atoms with Crippen molar-refractivity contribution < 1.29 is 0 Å². The molecule has 0 saturated carbocycles. The summed E-state index contributed by atoms with van der Waals surface area (Å²) in [5, 5.41) is 19.9. The molecule has 110 valence electrons. The third-order valence-electron chi connectivity index (χ3n) is 2.97. The van der Waals surface area contributed by atoms with Crippen LogP contribution in [0, 0.1) is 6.92 Å². The van der Waals surface area contributed by atoms with Crippen LogP contribution in [-0.2, 0) is 0 Å². The van der Waals surface area contributed by atoms with Crippen molar-refractivity contribution in [3.05, 3.63) is 39.7 Å². The lowest BCUT2D eigenvalue weighted by atomic mass is 10.2. The highest BCUT2D eigenvalue weighted by Gasteiger charge is 2.12. The summed E-state index contributed by atoms with van der Waals surface area (Å²) in [5.41, 5.74) is 2.02. The molecule has 4 aromatic rings. The summed E-state index contributed by atoms with van der Waals surface area (Å²) in [6.45, 7) is 1.90. The predicted octanol–water partition coefficient (Wildman–Crippen LogP) is 4.01. The highest BCUT2D eigenvalue weighted by atomic mass is 35.5. The molecule has 0 radical (unpaired) electrons. The number of halogens is 1. The lowest BCUT2D eigenvalue weighted by molar-refractivity contribution is 0.984. The number of aromatic nitrogens is 5. The number of nitrogens with zero attached hydrogens (tertiary/aromatic N) is 5. The van der Waals surface area contributed by atoms with Crippen LogP contribution in [0.2, 0.25) is 5.02 Å². The Bertz CT molecular complexity index is 939. The zero-order valence-electron chi connectivity index (χ0n) is 11.3. The maximum absolute atomic E-state index is 5.93. The van der Waals surface area contributed by atoms with E-state index in [4.69, 9.17) is 11.6 Å². The second-order valence-electron chi connectivity index (χ2n) is 4.51. The largest absolute Gasteiger partial charge is 0.297 e. The van der Waals surface area contributed by atoms with Crippen LogP contribution in [0.5, 0.6) is 0 Å². The van der Waals surface area contributed by atoms with E-state index < -0.39 is 0 Å². The molecule has 0 amide bonds. The summed E-state index contributed by atoms with van der Waals surface area (Å²) >= 11 is 8.93. The Hall–Kier alpha value is -2.03. The van der Waals surface area contributed by atoms with E-state index in [0.29, 0.717) is 16.1 Å². The minimum Gasteiger partial charge on any atom is -0.297 e. The van der Waals surface area contributed by atoms with Crippen LogP contribution < -0.4 is 5.32 Å². The van der Waals surface area contributed by atoms with E-state index in [-0.39, 0.29) is 0 Å². The average molecular weight is 349 g/mol. The molecule has 0 saturated heterocycles. The lowest BCUT2D eigenvalue weighted by Crippen LogP contribution is -1.93. The average Bonchev–Trinajstić information content (AvgIpc) is 3.16. The van der Waals surface area contributed by atoms with E-state index in [0.717, 1.165) is 21.2 Å². The van der Waals surface area contributed by atoms with Gasteiger partial charge in [-0.1, -0.05) is 35.1 Å². The van der Waals surface area contributed by atoms with Gasteiger partial charge in [-0.15, -0.1) is 26.6 Å². The topological polar surface area (TPSA) is 68.0 Å². The third kappa shape index (κ3) is 2.45. The molecular weight excluding hydrogens is 340 g/mol. The van der Waals surface area contributed by atoms with Crippen LogP contribution in [0.15, 0.2) is 29.6 Å². The summed E-state index contributed by atoms with van der Waals surface area (Å²) in [4.78, 5) is 5.27. The molecule has 9 heteroatoms. The van der Waals surface area contributed by atoms with Gasteiger partial charge in [-0.2, -0.15) is 4.98 Å². The molecule has 0 unspecified atom stereocenters. The van der Waals surface area contributed by atoms with Crippen molar-refractivity contribution in [1.82, 2.24) is 24.8 Å². The number of thiazole rings is 1. The molecule has 0 bridgehead atoms. The van der Waals surface area contributed by atoms with Gasteiger partial charge in [0.15, 0.2) is 0 Å². The Morgan fingerprint density at radius 3 is 2.73 bits per heavy atom. The number of benzene rings is 1. The van der Waals surface area contributed by atoms with E-state index in [1.807, 2.05) is 41.1 Å². The van der Waals surface area contributed by atoms with Gasteiger partial charge in [0.2, 0.25) is 16.0 Å². The van der Waals surface area contributed by atoms with Crippen molar-refractivity contribution in [2.24, 2.45) is 0 Å². The first-order chi connectivity index (χ1) is 10.7. The van der Waals surface area contributed by atoms with Gasteiger partial charge in [-0.05, 0) is 19.1 Å². The SMILES string of the molecule is Cc1nnc(Nc2nc3scc(-c4ccc(Cl)cc4)n3n2)s1. The molecular formula is C13H9ClN6S2. The normalized spacial score (nSPS) is 11.2. The number of hydrogen-bond acceptors (Lipinski definition) is 7. The fourth-order valence-corrected chi connectivity index (χ4v) is 3.54. The Morgan fingerprint density at radius 2 is 2.00 bits per heavy atom. The molecule has 3 aromatic heterocycles. The van der Waals surface area contributed by atoms with E-state index in [1.165, 1.54) is 22.7 Å². The second-order valence-corrected chi connectivity index (χ2v) is 6.96. The molecule has 0 aliphatic carbocycles. The molecule has 1 aromatic carbocycles. The summed E-state index contributed by atoms with van der Waals surface area (Å²) < 4.78 is 1.81. The van der Waals surface area contributed by atoms with Crippen molar-refractivity contribution in [2.75, 3.05) is 5.32 Å². The van der Waals surface area contributed by atoms with Crippen LogP contribution in [0.4, 0.5) is 11.1 Å². The number of nitrogens with one attached hydrogen (secondary N) is 1. The summed E-state index contributed by atoms with van der Waals surface area (Å²) in [7, 11) is 0. The van der Waals surface area contributed by atoms with Crippen molar-refractivity contribution in [3.8, 4) is 11.3 Å². The van der Waals surface area contributed by atoms with Gasteiger partial charge >= 0.3 is 0 Å². The number of anilines is 2. The molecule has 0 aliphatic heterocycles. The summed E-state index contributed by atoms with van der Waals surface area (Å²) in [6.07, 6.45) is 0. The van der Waals surface area contributed by atoms with Crippen LogP contribution >= 0.6 is 34.3 Å². The number of fused-ring (bicyclic) bond motifs is 1. The van der Waals surface area contributed by atoms with Crippen LogP contribution in [0.1, 0.15) is 5.01 Å². The molecule has 0 aliphatic rings. The van der Waals surface area contributed by atoms with Crippen molar-refractivity contribution in [1.29, 1.82) is 0 Å². The minimum atomic E-state index is 0.512. The van der Waals surface area contributed by atoms with E-state index in [1.54, 1.807) is 0 Å². The maximum atomic E-state index is 5.93. The fraction of sp³-hybridized carbons (Fsp3) is 0.0769. The van der Waals surface area contributed by atoms with Crippen molar-refractivity contribution in [2.45, 2.75) is 6.92 Å². The van der Waals surface area contributed by atoms with Gasteiger partial charge < -0.3 is 0 Å². The standard InChI is InChI=1S/C13H9ClN6S2/c1-7-17-18-12(22-7)15-11-16-13-20(19-11)10(6-21-13)8-2-4-9(14)5-3-8/h2-6H,1H3,(H,15,18,19). The maximum Gasteiger partial charge on any atom is 0.250 e. The van der Waals surface area contributed by atoms with Crippen molar-refractivity contribution >= 4 is 50.3 Å². The highest BCUT2D eigenvalue weighted by Crippen LogP contribution is 2.27. The molecule has 3 heterocycles. The Balaban J connectivity index is 1.71. The van der Waals surface area contributed by atoms with Gasteiger partial charge in [0, 0.05) is 16.0 Å². The number of rotatable bonds is 3. The lowest BCUT2D eigenvalue weighted by Gasteiger charge is -1.98. The fourth-order valence-electron chi connectivity index (χ4n) is 2.00. The van der Waals surface area contributed by atoms with Gasteiger partial charge in [0.25, 0.3) is 0 Å². The predicted molar refractivity (Wildman–Crippen MR) is 89.2 cm³/mol. The van der Waals surface area contributed by atoms with Crippen LogP contribution in [-0.4, -0.2) is 24.8 Å². The number of hydrogen-bond donors (Lipinski definition) is 1. The van der Waals surface area contributed by atoms with Gasteiger partial charge in [-0.3, -0.25) is 5.32 Å². The molecule has 6 nitrogen and oxygen atoms in total. The van der Waals surface area contributed by atoms with E-state index in [2.05, 4.69) is 25.6 Å². The van der Waals surface area contributed by atoms with Gasteiger partial charge in [-0.25, -0.2) is 4.52 Å². The number of aryl methyl sites for hydroxylation is 1. The molecule has 0 spiro atoms. The monoisotopic (exact) mass is 348 g/mol. The zero-order chi connectivity index (χ0) is 15.1. The molecule has 4 rings (SSSR count). The smallest absolute Gasteiger partial charge is 0.250 e. The van der Waals surface area contributed by atoms with E-state index >= 15 is 0 Å². The van der Waals surface area contributed by atoms with E-state index in [9.17, 15) is 0 Å². The van der Waals surface area contributed by atoms with Crippen LogP contribution in [0.25, 0.3) is 16.2 Å². The Morgan fingerprint density at radius 1 is 1.18 bits per heavy atom. The first kappa shape index (κ1) is 13.6. The molecule has 0 fully saturated rings. The van der Waals surface area contributed by atoms with Gasteiger partial charge in [0.1, 0.15) is 5.01 Å². The second kappa shape index (κ2) is 5.31. The molecule has 22 heavy (non-hydrogen) atoms. The summed E-state index contributed by atoms with van der Waals surface area (Å²) in [5.74, 6) is 0.512. The van der Waals surface area contributed by atoms with Crippen LogP contribution in [0.3, 0.4) is 0 Å². The first-order valence-corrected chi connectivity index (χ1v) is 8.44. The first-order valence-electron chi connectivity index (χ1n) is 6.36. The quantitative estimate of drug-likeness (QED) is 0.605. The zero-order valence-corrected chi connectivity index (χ0v) is 13.7. The minimum absolute atomic E-state index is 0.512. The van der Waals surface area contributed by atoms with Gasteiger partial charge in [0.05, 0.1) is 5.69 Å². The Kier molecular flexibility index (Phi) is 3.29. The van der Waals surface area contributed by atoms with Crippen molar-refractivity contribution in [3.63, 3.8) is 0 Å². The summed E-state index contributed by atoms with van der Waals surface area (Å²) in [6, 6.07) is 7.65.